The van der Waals surface area contributed by atoms with Gasteiger partial charge in [-0.3, -0.25) is 9.59 Å². The topological polar surface area (TPSA) is 142 Å². The maximum atomic E-state index is 13.9. The zero-order chi connectivity index (χ0) is 38.6. The molecule has 288 valence electrons. The molecule has 8 atom stereocenters. The van der Waals surface area contributed by atoms with Crippen molar-refractivity contribution < 1.29 is 47.9 Å². The number of amides is 1. The van der Waals surface area contributed by atoms with Crippen molar-refractivity contribution in [1.82, 2.24) is 10.2 Å². The minimum atomic E-state index is -1.93. The number of carbonyl (C=O) groups excluding carboxylic acids is 3. The van der Waals surface area contributed by atoms with Crippen molar-refractivity contribution in [3.05, 3.63) is 95.1 Å². The van der Waals surface area contributed by atoms with Crippen LogP contribution in [0.25, 0.3) is 0 Å². The fraction of sp³-hybridized carbons (Fsp3) is 0.500. The van der Waals surface area contributed by atoms with E-state index in [-0.39, 0.29) is 30.6 Å². The number of ketones is 1. The number of rotatable bonds is 12. The third-order valence-electron chi connectivity index (χ3n) is 12.0. The van der Waals surface area contributed by atoms with Gasteiger partial charge in [-0.25, -0.2) is 4.79 Å². The smallest absolute Gasteiger partial charge is 0.415 e. The normalized spacial score (nSPS) is 33.2. The van der Waals surface area contributed by atoms with Gasteiger partial charge in [0.25, 0.3) is 5.97 Å². The van der Waals surface area contributed by atoms with Crippen molar-refractivity contribution in [2.24, 2.45) is 17.8 Å². The van der Waals surface area contributed by atoms with Crippen LogP contribution in [0.2, 0.25) is 0 Å². The molecular formula is C42H50N2O10. The minimum Gasteiger partial charge on any atom is -0.493 e. The number of likely N-dealkylation sites (N-methyl/N-ethyl adjacent to an activating group) is 2. The van der Waals surface area contributed by atoms with Gasteiger partial charge in [-0.2, -0.15) is 0 Å². The van der Waals surface area contributed by atoms with E-state index in [1.165, 1.54) is 12.0 Å². The molecule has 3 aliphatic carbocycles. The number of hydrogen-bond donors (Lipinski definition) is 2. The van der Waals surface area contributed by atoms with Crippen LogP contribution in [-0.2, 0) is 41.4 Å². The highest BCUT2D eigenvalue weighted by molar-refractivity contribution is 6.06. The number of nitrogens with zero attached hydrogens (tertiary/aromatic N) is 1. The van der Waals surface area contributed by atoms with Crippen LogP contribution in [0.15, 0.2) is 84.0 Å². The van der Waals surface area contributed by atoms with Gasteiger partial charge in [-0.1, -0.05) is 56.0 Å². The van der Waals surface area contributed by atoms with Gasteiger partial charge in [0.05, 0.1) is 25.6 Å². The largest absolute Gasteiger partial charge is 0.493 e. The summed E-state index contributed by atoms with van der Waals surface area (Å²) in [6.07, 6.45) is 3.47. The summed E-state index contributed by atoms with van der Waals surface area (Å²) in [6.45, 7) is 11.0. The maximum absolute atomic E-state index is 13.9. The number of Topliss-reactive ketones (excluding diaryl/α,β-unsaturated/α-hetero) is 1. The van der Waals surface area contributed by atoms with E-state index in [0.717, 1.165) is 11.1 Å². The minimum absolute atomic E-state index is 0.0969. The van der Waals surface area contributed by atoms with Crippen LogP contribution >= 0.6 is 0 Å². The van der Waals surface area contributed by atoms with E-state index in [0.29, 0.717) is 54.8 Å². The first kappa shape index (κ1) is 38.0. The zero-order valence-electron chi connectivity index (χ0n) is 31.8. The maximum Gasteiger partial charge on any atom is 0.415 e. The van der Waals surface area contributed by atoms with Gasteiger partial charge in [0, 0.05) is 32.0 Å². The van der Waals surface area contributed by atoms with Crippen LogP contribution in [-0.4, -0.2) is 97.6 Å². The lowest BCUT2D eigenvalue weighted by molar-refractivity contribution is -0.425. The van der Waals surface area contributed by atoms with Crippen molar-refractivity contribution >= 4 is 17.8 Å². The number of aliphatic hydroxyl groups is 1. The average molecular weight is 743 g/mol. The second-order valence-electron chi connectivity index (χ2n) is 15.5. The van der Waals surface area contributed by atoms with E-state index in [2.05, 4.69) is 18.8 Å². The Balaban J connectivity index is 1.14. The second-order valence-corrected chi connectivity index (χ2v) is 15.5. The molecule has 54 heavy (non-hydrogen) atoms. The van der Waals surface area contributed by atoms with Gasteiger partial charge in [-0.15, -0.1) is 0 Å². The molecule has 2 aliphatic heterocycles. The summed E-state index contributed by atoms with van der Waals surface area (Å²) in [5.41, 5.74) is -0.460. The lowest BCUT2D eigenvalue weighted by Gasteiger charge is -2.59. The Kier molecular flexibility index (Phi) is 9.89. The van der Waals surface area contributed by atoms with Gasteiger partial charge in [0.15, 0.2) is 22.9 Å². The first-order chi connectivity index (χ1) is 25.7. The monoisotopic (exact) mass is 742 g/mol. The van der Waals surface area contributed by atoms with E-state index < -0.39 is 52.6 Å². The number of hydrogen-bond acceptors (Lipinski definition) is 11. The van der Waals surface area contributed by atoms with E-state index in [9.17, 15) is 19.5 Å². The molecule has 7 rings (SSSR count). The van der Waals surface area contributed by atoms with Gasteiger partial charge >= 0.3 is 12.1 Å². The average Bonchev–Trinajstić information content (AvgIpc) is 3.45. The highest BCUT2D eigenvalue weighted by atomic mass is 16.9. The molecule has 0 unspecified atom stereocenters. The Hall–Kier alpha value is -4.33. The Morgan fingerprint density at radius 1 is 1.11 bits per heavy atom. The number of esters is 1. The molecule has 3 bridgehead atoms. The van der Waals surface area contributed by atoms with E-state index in [1.54, 1.807) is 45.3 Å². The number of fused-ring (bicyclic) bond motifs is 2. The molecule has 0 spiro atoms. The van der Waals surface area contributed by atoms with Gasteiger partial charge in [0.1, 0.15) is 18.3 Å². The highest BCUT2D eigenvalue weighted by Crippen LogP contribution is 2.68. The molecule has 2 N–H and O–H groups in total. The number of ether oxygens (including phenoxy) is 6. The van der Waals surface area contributed by atoms with Crippen LogP contribution in [0.5, 0.6) is 11.5 Å². The van der Waals surface area contributed by atoms with Crippen LogP contribution < -0.4 is 14.8 Å². The van der Waals surface area contributed by atoms with Crippen molar-refractivity contribution in [2.75, 3.05) is 40.9 Å². The highest BCUT2D eigenvalue weighted by Gasteiger charge is 2.79. The summed E-state index contributed by atoms with van der Waals surface area (Å²) in [5.74, 6) is -3.17. The SMILES string of the molecule is C=C(C)[C@]12C[C@@H](C)[C@@]34O[C@](Cc5ccccc5)(O[C@@H]1[C@@H]3CC(COC(=O)Cc1ccc(OC(=O)N(C)CCNC)c(OC)c1)=C[C@]1(O)C(=O)C(C)=C[C@@H]41)O2. The summed E-state index contributed by atoms with van der Waals surface area (Å²) in [5, 5.41) is 15.5. The zero-order valence-corrected chi connectivity index (χ0v) is 31.8. The number of benzene rings is 2. The Labute approximate surface area is 316 Å². The van der Waals surface area contributed by atoms with Crippen molar-refractivity contribution in [2.45, 2.75) is 75.3 Å². The summed E-state index contributed by atoms with van der Waals surface area (Å²) >= 11 is 0. The lowest BCUT2D eigenvalue weighted by Crippen LogP contribution is -2.70. The van der Waals surface area contributed by atoms with E-state index in [1.807, 2.05) is 43.3 Å². The Bertz CT molecular complexity index is 1910. The predicted octanol–water partition coefficient (Wildman–Crippen LogP) is 4.69. The predicted molar refractivity (Wildman–Crippen MR) is 198 cm³/mol. The lowest BCUT2D eigenvalue weighted by atomic mass is 9.54. The summed E-state index contributed by atoms with van der Waals surface area (Å²) in [6, 6.07) is 14.7. The van der Waals surface area contributed by atoms with E-state index >= 15 is 0 Å². The van der Waals surface area contributed by atoms with Crippen LogP contribution in [0.1, 0.15) is 44.7 Å². The van der Waals surface area contributed by atoms with Crippen molar-refractivity contribution in [3.8, 4) is 11.5 Å². The van der Waals surface area contributed by atoms with Crippen LogP contribution in [0.4, 0.5) is 4.79 Å². The molecule has 2 saturated heterocycles. The van der Waals surface area contributed by atoms with Crippen molar-refractivity contribution in [3.63, 3.8) is 0 Å². The van der Waals surface area contributed by atoms with Crippen molar-refractivity contribution in [1.29, 1.82) is 0 Å². The molecule has 1 saturated carbocycles. The standard InChI is InChI=1S/C42H50N2O10/c1-25(2)40-21-27(4)42-31(37(40)52-41(53-40,54-42)23-28-11-9-8-10-12-28)18-30(22-39(48)34(42)17-26(3)36(39)46)24-50-35(45)20-29-13-14-32(33(19-29)49-7)51-38(47)44(6)16-15-43-5/h8-14,17,19,22,27,31,34,37,43,48H,1,15-16,18,20-21,23-24H2,2-7H3/t27-,31+,34-,37-,39-,40-,41-,42-/m1/s1. The number of methoxy groups -OCH3 is 1. The van der Waals surface area contributed by atoms with Crippen LogP contribution in [0.3, 0.4) is 0 Å². The quantitative estimate of drug-likeness (QED) is 0.231. The van der Waals surface area contributed by atoms with E-state index in [4.69, 9.17) is 28.4 Å². The first-order valence-corrected chi connectivity index (χ1v) is 18.5. The fourth-order valence-electron chi connectivity index (χ4n) is 9.38. The molecule has 3 fully saturated rings. The third kappa shape index (κ3) is 6.18. The first-order valence-electron chi connectivity index (χ1n) is 18.5. The molecule has 2 aromatic carbocycles. The van der Waals surface area contributed by atoms with Crippen LogP contribution in [0, 0.1) is 17.8 Å². The Morgan fingerprint density at radius 3 is 2.57 bits per heavy atom. The van der Waals surface area contributed by atoms with Gasteiger partial charge in [-0.05, 0) is 85.7 Å². The molecule has 2 heterocycles. The van der Waals surface area contributed by atoms with Gasteiger partial charge < -0.3 is 43.7 Å². The molecule has 12 nitrogen and oxygen atoms in total. The molecule has 0 aromatic heterocycles. The summed E-state index contributed by atoms with van der Waals surface area (Å²) in [7, 11) is 4.89. The second kappa shape index (κ2) is 14.1. The molecule has 5 aliphatic rings. The van der Waals surface area contributed by atoms with Gasteiger partial charge in [0.2, 0.25) is 0 Å². The Morgan fingerprint density at radius 2 is 1.87 bits per heavy atom. The number of carbonyl (C=O) groups is 3. The number of nitrogens with one attached hydrogen (secondary N) is 1. The fourth-order valence-corrected chi connectivity index (χ4v) is 9.38. The third-order valence-corrected chi connectivity index (χ3v) is 12.0. The molecule has 12 heteroatoms. The summed E-state index contributed by atoms with van der Waals surface area (Å²) < 4.78 is 37.8. The molecule has 2 aromatic rings. The molecule has 0 radical (unpaired) electrons. The molecule has 1 amide bonds. The molecular weight excluding hydrogens is 692 g/mol. The summed E-state index contributed by atoms with van der Waals surface area (Å²) in [4.78, 5) is 41.2.